The fourth-order valence-corrected chi connectivity index (χ4v) is 2.71. The van der Waals surface area contributed by atoms with Gasteiger partial charge in [0.2, 0.25) is 0 Å². The molecule has 0 amide bonds. The molecule has 1 heterocycles. The second kappa shape index (κ2) is 7.50. The van der Waals surface area contributed by atoms with Gasteiger partial charge >= 0.3 is 7.12 Å². The van der Waals surface area contributed by atoms with E-state index in [2.05, 4.69) is 0 Å². The third-order valence-electron chi connectivity index (χ3n) is 4.10. The molecule has 0 aliphatic carbocycles. The SMILES string of the molecule is CN(CC1COB(c2ccc([N+](=O)[O-])cc2)O1)c1ccc([N+](=O)[O-])cc1. The van der Waals surface area contributed by atoms with Gasteiger partial charge in [-0.15, -0.1) is 0 Å². The van der Waals surface area contributed by atoms with Crippen molar-refractivity contribution < 1.29 is 19.2 Å². The molecule has 2 aromatic rings. The lowest BCUT2D eigenvalue weighted by molar-refractivity contribution is -0.385. The molecular formula is C16H16BN3O6. The van der Waals surface area contributed by atoms with Crippen LogP contribution in [0.3, 0.4) is 0 Å². The van der Waals surface area contributed by atoms with E-state index < -0.39 is 17.0 Å². The van der Waals surface area contributed by atoms with Gasteiger partial charge in [-0.3, -0.25) is 20.2 Å². The number of nitro groups is 2. The standard InChI is InChI=1S/C16H16BN3O6/c1-18(13-6-8-15(9-7-13)20(23)24)10-16-11-25-17(26-16)12-2-4-14(5-3-12)19(21)22/h2-9,16H,10-11H2,1H3. The maximum Gasteiger partial charge on any atom is 0.494 e. The zero-order valence-corrected chi connectivity index (χ0v) is 14.0. The molecule has 0 radical (unpaired) electrons. The van der Waals surface area contributed by atoms with E-state index in [1.54, 1.807) is 24.3 Å². The number of likely N-dealkylation sites (N-methyl/N-ethyl adjacent to an activating group) is 1. The molecule has 10 heteroatoms. The topological polar surface area (TPSA) is 108 Å². The van der Waals surface area contributed by atoms with E-state index in [1.165, 1.54) is 24.3 Å². The van der Waals surface area contributed by atoms with E-state index >= 15 is 0 Å². The number of rotatable bonds is 6. The highest BCUT2D eigenvalue weighted by Gasteiger charge is 2.33. The van der Waals surface area contributed by atoms with Crippen molar-refractivity contribution in [2.24, 2.45) is 0 Å². The first-order valence-corrected chi connectivity index (χ1v) is 7.91. The van der Waals surface area contributed by atoms with E-state index in [0.717, 1.165) is 11.2 Å². The summed E-state index contributed by atoms with van der Waals surface area (Å²) in [5.41, 5.74) is 1.61. The van der Waals surface area contributed by atoms with Crippen LogP contribution in [0, 0.1) is 20.2 Å². The van der Waals surface area contributed by atoms with Crippen molar-refractivity contribution in [1.82, 2.24) is 0 Å². The van der Waals surface area contributed by atoms with Crippen molar-refractivity contribution in [3.8, 4) is 0 Å². The summed E-state index contributed by atoms with van der Waals surface area (Å²) < 4.78 is 11.5. The van der Waals surface area contributed by atoms with E-state index in [1.807, 2.05) is 11.9 Å². The highest BCUT2D eigenvalue weighted by atomic mass is 16.6. The largest absolute Gasteiger partial charge is 0.494 e. The first kappa shape index (κ1) is 17.8. The lowest BCUT2D eigenvalue weighted by Gasteiger charge is -2.22. The predicted octanol–water partition coefficient (Wildman–Crippen LogP) is 1.75. The first-order chi connectivity index (χ1) is 12.4. The molecule has 134 valence electrons. The zero-order valence-electron chi connectivity index (χ0n) is 14.0. The summed E-state index contributed by atoms with van der Waals surface area (Å²) >= 11 is 0. The Hall–Kier alpha value is -2.98. The average molecular weight is 357 g/mol. The van der Waals surface area contributed by atoms with Crippen LogP contribution in [0.15, 0.2) is 48.5 Å². The molecule has 1 atom stereocenters. The van der Waals surface area contributed by atoms with Crippen molar-refractivity contribution in [3.05, 3.63) is 68.8 Å². The van der Waals surface area contributed by atoms with Crippen LogP contribution in [0.2, 0.25) is 0 Å². The molecule has 0 N–H and O–H groups in total. The van der Waals surface area contributed by atoms with Gasteiger partial charge in [0, 0.05) is 43.5 Å². The van der Waals surface area contributed by atoms with Gasteiger partial charge in [-0.05, 0) is 17.6 Å². The third kappa shape index (κ3) is 3.98. The summed E-state index contributed by atoms with van der Waals surface area (Å²) in [6.07, 6.45) is -0.185. The van der Waals surface area contributed by atoms with Gasteiger partial charge < -0.3 is 14.2 Å². The maximum absolute atomic E-state index is 10.7. The smallest absolute Gasteiger partial charge is 0.405 e. The molecule has 0 aromatic heterocycles. The van der Waals surface area contributed by atoms with E-state index in [4.69, 9.17) is 9.31 Å². The molecule has 0 saturated carbocycles. The Kier molecular flexibility index (Phi) is 5.15. The molecule has 26 heavy (non-hydrogen) atoms. The molecule has 9 nitrogen and oxygen atoms in total. The molecule has 0 spiro atoms. The molecule has 1 unspecified atom stereocenters. The Bertz CT molecular complexity index is 799. The molecule has 1 aliphatic rings. The monoisotopic (exact) mass is 357 g/mol. The van der Waals surface area contributed by atoms with Crippen molar-refractivity contribution in [3.63, 3.8) is 0 Å². The second-order valence-corrected chi connectivity index (χ2v) is 5.93. The van der Waals surface area contributed by atoms with Crippen molar-refractivity contribution in [2.75, 3.05) is 25.1 Å². The summed E-state index contributed by atoms with van der Waals surface area (Å²) in [5, 5.41) is 21.4. The van der Waals surface area contributed by atoms with Crippen LogP contribution in [-0.2, 0) is 9.31 Å². The molecule has 1 aliphatic heterocycles. The Morgan fingerprint density at radius 1 is 1.04 bits per heavy atom. The molecular weight excluding hydrogens is 341 g/mol. The minimum absolute atomic E-state index is 0.0150. The van der Waals surface area contributed by atoms with Gasteiger partial charge in [-0.1, -0.05) is 12.1 Å². The minimum atomic E-state index is -0.564. The maximum atomic E-state index is 10.7. The van der Waals surface area contributed by atoms with Crippen LogP contribution in [0.5, 0.6) is 0 Å². The molecule has 1 saturated heterocycles. The Labute approximate surface area is 149 Å². The Morgan fingerprint density at radius 3 is 2.12 bits per heavy atom. The van der Waals surface area contributed by atoms with E-state index in [-0.39, 0.29) is 17.5 Å². The summed E-state index contributed by atoms with van der Waals surface area (Å²) in [5.74, 6) is 0. The van der Waals surface area contributed by atoms with Crippen LogP contribution in [-0.4, -0.2) is 43.3 Å². The van der Waals surface area contributed by atoms with Crippen LogP contribution < -0.4 is 10.4 Å². The van der Waals surface area contributed by atoms with Gasteiger partial charge in [0.05, 0.1) is 22.6 Å². The van der Waals surface area contributed by atoms with Crippen molar-refractivity contribution >= 4 is 29.6 Å². The molecule has 1 fully saturated rings. The molecule has 3 rings (SSSR count). The fraction of sp³-hybridized carbons (Fsp3) is 0.250. The number of non-ortho nitro benzene ring substituents is 2. The summed E-state index contributed by atoms with van der Waals surface area (Å²) in [7, 11) is 1.30. The average Bonchev–Trinajstić information content (AvgIpc) is 3.10. The van der Waals surface area contributed by atoms with E-state index in [9.17, 15) is 20.2 Å². The van der Waals surface area contributed by atoms with Crippen LogP contribution >= 0.6 is 0 Å². The van der Waals surface area contributed by atoms with Crippen LogP contribution in [0.1, 0.15) is 0 Å². The fourth-order valence-electron chi connectivity index (χ4n) is 2.71. The first-order valence-electron chi connectivity index (χ1n) is 7.91. The third-order valence-corrected chi connectivity index (χ3v) is 4.10. The highest BCUT2D eigenvalue weighted by Crippen LogP contribution is 2.20. The highest BCUT2D eigenvalue weighted by molar-refractivity contribution is 6.61. The minimum Gasteiger partial charge on any atom is -0.405 e. The van der Waals surface area contributed by atoms with Crippen molar-refractivity contribution in [2.45, 2.75) is 6.10 Å². The van der Waals surface area contributed by atoms with E-state index in [0.29, 0.717) is 13.2 Å². The van der Waals surface area contributed by atoms with Gasteiger partial charge in [0.25, 0.3) is 11.4 Å². The lowest BCUT2D eigenvalue weighted by atomic mass is 9.79. The second-order valence-electron chi connectivity index (χ2n) is 5.93. The van der Waals surface area contributed by atoms with Gasteiger partial charge in [0.1, 0.15) is 0 Å². The number of anilines is 1. The van der Waals surface area contributed by atoms with Gasteiger partial charge in [-0.2, -0.15) is 0 Å². The number of benzene rings is 2. The molecule has 0 bridgehead atoms. The quantitative estimate of drug-likeness (QED) is 0.440. The predicted molar refractivity (Wildman–Crippen MR) is 95.7 cm³/mol. The van der Waals surface area contributed by atoms with Crippen LogP contribution in [0.25, 0.3) is 0 Å². The summed E-state index contributed by atoms with van der Waals surface area (Å²) in [6, 6.07) is 12.3. The lowest BCUT2D eigenvalue weighted by Crippen LogP contribution is -2.35. The zero-order chi connectivity index (χ0) is 18.7. The summed E-state index contributed by atoms with van der Waals surface area (Å²) in [4.78, 5) is 22.4. The Morgan fingerprint density at radius 2 is 1.58 bits per heavy atom. The normalized spacial score (nSPS) is 16.5. The van der Waals surface area contributed by atoms with Gasteiger partial charge in [-0.25, -0.2) is 0 Å². The summed E-state index contributed by atoms with van der Waals surface area (Å²) in [6.45, 7) is 0.931. The number of hydrogen-bond donors (Lipinski definition) is 0. The molecule has 2 aromatic carbocycles. The van der Waals surface area contributed by atoms with Crippen LogP contribution in [0.4, 0.5) is 17.1 Å². The number of nitrogens with zero attached hydrogens (tertiary/aromatic N) is 3. The Balaban J connectivity index is 1.58. The number of nitro benzene ring substituents is 2. The van der Waals surface area contributed by atoms with Crippen molar-refractivity contribution in [1.29, 1.82) is 0 Å². The number of hydrogen-bond acceptors (Lipinski definition) is 7. The van der Waals surface area contributed by atoms with Gasteiger partial charge in [0.15, 0.2) is 0 Å².